The molecule has 21 heavy (non-hydrogen) atoms. The summed E-state index contributed by atoms with van der Waals surface area (Å²) in [4.78, 5) is 14.4. The lowest BCUT2D eigenvalue weighted by Gasteiger charge is -2.19. The van der Waals surface area contributed by atoms with Crippen LogP contribution < -0.4 is 14.8 Å². The van der Waals surface area contributed by atoms with Gasteiger partial charge in [0.25, 0.3) is 0 Å². The monoisotopic (exact) mass is 292 g/mol. The van der Waals surface area contributed by atoms with Crippen molar-refractivity contribution in [1.29, 1.82) is 0 Å². The summed E-state index contributed by atoms with van der Waals surface area (Å²) in [5.74, 6) is 1.32. The van der Waals surface area contributed by atoms with E-state index in [0.29, 0.717) is 23.7 Å². The first-order chi connectivity index (χ1) is 10.2. The van der Waals surface area contributed by atoms with Gasteiger partial charge >= 0.3 is 0 Å². The molecule has 2 rings (SSSR count). The number of hydrogen-bond acceptors (Lipinski definition) is 4. The average molecular weight is 292 g/mol. The predicted molar refractivity (Wildman–Crippen MR) is 83.1 cm³/mol. The van der Waals surface area contributed by atoms with Crippen LogP contribution in [0.15, 0.2) is 18.2 Å². The van der Waals surface area contributed by atoms with E-state index in [1.807, 2.05) is 6.07 Å². The number of likely N-dealkylation sites (tertiary alicyclic amines) is 1. The second-order valence-electron chi connectivity index (χ2n) is 5.30. The van der Waals surface area contributed by atoms with Gasteiger partial charge in [0.1, 0.15) is 11.5 Å². The number of carbonyl (C=O) groups excluding carboxylic acids is 1. The molecule has 0 radical (unpaired) electrons. The molecular formula is C16H24N2O3. The van der Waals surface area contributed by atoms with Crippen LogP contribution in [-0.2, 0) is 4.79 Å². The van der Waals surface area contributed by atoms with E-state index in [-0.39, 0.29) is 5.91 Å². The summed E-state index contributed by atoms with van der Waals surface area (Å²) in [5, 5.41) is 2.92. The highest BCUT2D eigenvalue weighted by Gasteiger charge is 2.14. The van der Waals surface area contributed by atoms with E-state index in [2.05, 4.69) is 10.2 Å². The van der Waals surface area contributed by atoms with Crippen LogP contribution >= 0.6 is 0 Å². The molecule has 1 heterocycles. The van der Waals surface area contributed by atoms with Gasteiger partial charge in [-0.15, -0.1) is 0 Å². The Hall–Kier alpha value is -1.75. The molecule has 1 aromatic rings. The Morgan fingerprint density at radius 2 is 1.86 bits per heavy atom. The molecule has 0 unspecified atom stereocenters. The fraction of sp³-hybridized carbons (Fsp3) is 0.562. The number of carbonyl (C=O) groups is 1. The molecule has 1 aliphatic rings. The third-order valence-electron chi connectivity index (χ3n) is 3.75. The first kappa shape index (κ1) is 15.6. The maximum atomic E-state index is 12.2. The summed E-state index contributed by atoms with van der Waals surface area (Å²) >= 11 is 0. The van der Waals surface area contributed by atoms with E-state index in [9.17, 15) is 4.79 Å². The van der Waals surface area contributed by atoms with Crippen molar-refractivity contribution in [3.63, 3.8) is 0 Å². The van der Waals surface area contributed by atoms with Crippen molar-refractivity contribution in [3.8, 4) is 11.5 Å². The van der Waals surface area contributed by atoms with Gasteiger partial charge in [-0.05, 0) is 38.1 Å². The van der Waals surface area contributed by atoms with Gasteiger partial charge in [0, 0.05) is 6.07 Å². The Bertz CT molecular complexity index is 469. The van der Waals surface area contributed by atoms with E-state index in [0.717, 1.165) is 13.1 Å². The highest BCUT2D eigenvalue weighted by Crippen LogP contribution is 2.28. The third kappa shape index (κ3) is 4.63. The van der Waals surface area contributed by atoms with Crippen LogP contribution in [0.25, 0.3) is 0 Å². The average Bonchev–Trinajstić information content (AvgIpc) is 2.75. The van der Waals surface area contributed by atoms with Gasteiger partial charge in [0.15, 0.2) is 0 Å². The number of rotatable bonds is 5. The lowest BCUT2D eigenvalue weighted by molar-refractivity contribution is -0.117. The maximum Gasteiger partial charge on any atom is 0.238 e. The van der Waals surface area contributed by atoms with Gasteiger partial charge in [-0.25, -0.2) is 0 Å². The summed E-state index contributed by atoms with van der Waals surface area (Å²) in [6.45, 7) is 2.44. The van der Waals surface area contributed by atoms with Crippen LogP contribution in [0.1, 0.15) is 25.7 Å². The predicted octanol–water partition coefficient (Wildman–Crippen LogP) is 2.52. The zero-order valence-corrected chi connectivity index (χ0v) is 12.9. The van der Waals surface area contributed by atoms with Crippen LogP contribution in [0, 0.1) is 0 Å². The normalized spacial score (nSPS) is 16.1. The number of benzene rings is 1. The molecule has 1 fully saturated rings. The number of ether oxygens (including phenoxy) is 2. The topological polar surface area (TPSA) is 50.8 Å². The Morgan fingerprint density at radius 1 is 1.14 bits per heavy atom. The standard InChI is InChI=1S/C16H24N2O3/c1-20-13-7-8-15(21-2)14(11-13)17-16(19)12-18-9-5-3-4-6-10-18/h7-8,11H,3-6,9-10,12H2,1-2H3,(H,17,19). The van der Waals surface area contributed by atoms with Crippen LogP contribution in [0.5, 0.6) is 11.5 Å². The fourth-order valence-corrected chi connectivity index (χ4v) is 2.60. The molecule has 0 bridgehead atoms. The number of anilines is 1. The lowest BCUT2D eigenvalue weighted by Crippen LogP contribution is -2.34. The van der Waals surface area contributed by atoms with Crippen LogP contribution in [0.2, 0.25) is 0 Å². The van der Waals surface area contributed by atoms with Crippen molar-refractivity contribution in [2.75, 3.05) is 39.2 Å². The van der Waals surface area contributed by atoms with Crippen molar-refractivity contribution >= 4 is 11.6 Å². The maximum absolute atomic E-state index is 12.2. The van der Waals surface area contributed by atoms with E-state index in [1.165, 1.54) is 25.7 Å². The van der Waals surface area contributed by atoms with Gasteiger partial charge in [-0.3, -0.25) is 9.69 Å². The smallest absolute Gasteiger partial charge is 0.238 e. The van der Waals surface area contributed by atoms with E-state index >= 15 is 0 Å². The summed E-state index contributed by atoms with van der Waals surface area (Å²) in [6, 6.07) is 5.38. The van der Waals surface area contributed by atoms with Gasteiger partial charge in [-0.2, -0.15) is 0 Å². The zero-order valence-electron chi connectivity index (χ0n) is 12.9. The second-order valence-corrected chi connectivity index (χ2v) is 5.30. The number of hydrogen-bond donors (Lipinski definition) is 1. The highest BCUT2D eigenvalue weighted by atomic mass is 16.5. The summed E-state index contributed by atoms with van der Waals surface area (Å²) in [7, 11) is 3.19. The molecule has 1 aromatic carbocycles. The molecule has 0 spiro atoms. The molecule has 0 aliphatic carbocycles. The minimum atomic E-state index is -0.0107. The molecule has 116 valence electrons. The van der Waals surface area contributed by atoms with Gasteiger partial charge in [0.2, 0.25) is 5.91 Å². The number of nitrogens with one attached hydrogen (secondary N) is 1. The van der Waals surface area contributed by atoms with Crippen molar-refractivity contribution < 1.29 is 14.3 Å². The van der Waals surface area contributed by atoms with Gasteiger partial charge < -0.3 is 14.8 Å². The van der Waals surface area contributed by atoms with Crippen molar-refractivity contribution in [2.24, 2.45) is 0 Å². The van der Waals surface area contributed by atoms with E-state index in [1.54, 1.807) is 26.4 Å². The van der Waals surface area contributed by atoms with Crippen LogP contribution in [-0.4, -0.2) is 44.7 Å². The van der Waals surface area contributed by atoms with Crippen molar-refractivity contribution in [2.45, 2.75) is 25.7 Å². The van der Waals surface area contributed by atoms with Crippen LogP contribution in [0.3, 0.4) is 0 Å². The molecule has 1 aliphatic heterocycles. The summed E-state index contributed by atoms with van der Waals surface area (Å²) < 4.78 is 10.5. The molecule has 0 aromatic heterocycles. The van der Waals surface area contributed by atoms with E-state index in [4.69, 9.17) is 9.47 Å². The molecule has 0 atom stereocenters. The molecule has 0 saturated carbocycles. The SMILES string of the molecule is COc1ccc(OC)c(NC(=O)CN2CCCCCC2)c1. The molecule has 5 nitrogen and oxygen atoms in total. The van der Waals surface area contributed by atoms with E-state index < -0.39 is 0 Å². The fourth-order valence-electron chi connectivity index (χ4n) is 2.60. The molecule has 1 saturated heterocycles. The zero-order chi connectivity index (χ0) is 15.1. The van der Waals surface area contributed by atoms with Gasteiger partial charge in [0.05, 0.1) is 26.5 Å². The van der Waals surface area contributed by atoms with Gasteiger partial charge in [-0.1, -0.05) is 12.8 Å². The minimum absolute atomic E-state index is 0.0107. The molecule has 5 heteroatoms. The molecule has 1 amide bonds. The third-order valence-corrected chi connectivity index (χ3v) is 3.75. The highest BCUT2D eigenvalue weighted by molar-refractivity contribution is 5.94. The summed E-state index contributed by atoms with van der Waals surface area (Å²) in [6.07, 6.45) is 4.88. The first-order valence-electron chi connectivity index (χ1n) is 7.47. The van der Waals surface area contributed by atoms with Crippen LogP contribution in [0.4, 0.5) is 5.69 Å². The Morgan fingerprint density at radius 3 is 2.48 bits per heavy atom. The molecule has 1 N–H and O–H groups in total. The molecular weight excluding hydrogens is 268 g/mol. The Labute approximate surface area is 126 Å². The van der Waals surface area contributed by atoms with Crippen molar-refractivity contribution in [3.05, 3.63) is 18.2 Å². The van der Waals surface area contributed by atoms with Crippen molar-refractivity contribution in [1.82, 2.24) is 4.90 Å². The Kier molecular flexibility index (Phi) is 5.87. The lowest BCUT2D eigenvalue weighted by atomic mass is 10.2. The quantitative estimate of drug-likeness (QED) is 0.906. The Balaban J connectivity index is 1.97. The first-order valence-corrected chi connectivity index (χ1v) is 7.47. The second kappa shape index (κ2) is 7.88. The number of methoxy groups -OCH3 is 2. The number of amides is 1. The summed E-state index contributed by atoms with van der Waals surface area (Å²) in [5.41, 5.74) is 0.650. The largest absolute Gasteiger partial charge is 0.497 e. The minimum Gasteiger partial charge on any atom is -0.497 e. The number of nitrogens with zero attached hydrogens (tertiary/aromatic N) is 1.